The van der Waals surface area contributed by atoms with E-state index in [0.717, 1.165) is 6.07 Å². The number of hydrogen-bond donors (Lipinski definition) is 2. The Kier molecular flexibility index (Phi) is 4.50. The first-order valence-electron chi connectivity index (χ1n) is 5.32. The third kappa shape index (κ3) is 3.69. The summed E-state index contributed by atoms with van der Waals surface area (Å²) < 4.78 is 38.0. The van der Waals surface area contributed by atoms with Gasteiger partial charge in [0.05, 0.1) is 12.5 Å². The van der Waals surface area contributed by atoms with Crippen molar-refractivity contribution in [2.75, 3.05) is 17.4 Å². The molecule has 0 fully saturated rings. The molecule has 0 aromatic carbocycles. The molecule has 104 valence electrons. The second kappa shape index (κ2) is 5.71. The molecule has 3 N–H and O–H groups in total. The molecule has 1 atom stereocenters. The number of nitriles is 1. The topological polar surface area (TPSA) is 90.9 Å². The van der Waals surface area contributed by atoms with Crippen molar-refractivity contribution in [3.05, 3.63) is 11.8 Å². The highest BCUT2D eigenvalue weighted by Gasteiger charge is 2.34. The lowest BCUT2D eigenvalue weighted by Gasteiger charge is -2.24. The fraction of sp³-hybridized carbons (Fsp3) is 0.500. The minimum Gasteiger partial charge on any atom is -0.356 e. The van der Waals surface area contributed by atoms with Crippen molar-refractivity contribution in [1.82, 2.24) is 9.97 Å². The molecule has 9 heteroatoms. The van der Waals surface area contributed by atoms with Crippen LogP contribution in [0.2, 0.25) is 0 Å². The summed E-state index contributed by atoms with van der Waals surface area (Å²) in [5.41, 5.74) is 0.896. The van der Waals surface area contributed by atoms with Gasteiger partial charge in [-0.15, -0.1) is 0 Å². The maximum Gasteiger partial charge on any atom is 0.433 e. The van der Waals surface area contributed by atoms with E-state index < -0.39 is 11.9 Å². The molecule has 19 heavy (non-hydrogen) atoms. The zero-order valence-corrected chi connectivity index (χ0v) is 10.4. The lowest BCUT2D eigenvalue weighted by Crippen LogP contribution is -2.30. The Morgan fingerprint density at radius 1 is 1.53 bits per heavy atom. The summed E-state index contributed by atoms with van der Waals surface area (Å²) in [6.45, 7) is 1.70. The van der Waals surface area contributed by atoms with Crippen LogP contribution in [0.4, 0.5) is 24.9 Å². The minimum atomic E-state index is -4.59. The Bertz CT molecular complexity index is 481. The molecule has 1 rings (SSSR count). The molecule has 0 aliphatic rings. The second-order valence-corrected chi connectivity index (χ2v) is 3.90. The maximum absolute atomic E-state index is 12.7. The molecular formula is C10H13F3N6. The van der Waals surface area contributed by atoms with Gasteiger partial charge in [0, 0.05) is 19.2 Å². The van der Waals surface area contributed by atoms with Gasteiger partial charge in [0.1, 0.15) is 5.82 Å². The number of halogens is 3. The number of nitrogen functional groups attached to an aromatic ring is 1. The van der Waals surface area contributed by atoms with Crippen molar-refractivity contribution in [1.29, 1.82) is 5.26 Å². The highest BCUT2D eigenvalue weighted by atomic mass is 19.4. The highest BCUT2D eigenvalue weighted by molar-refractivity contribution is 5.45. The summed E-state index contributed by atoms with van der Waals surface area (Å²) in [4.78, 5) is 8.54. The molecular weight excluding hydrogens is 261 g/mol. The summed E-state index contributed by atoms with van der Waals surface area (Å²) in [6, 6.07) is 2.47. The smallest absolute Gasteiger partial charge is 0.356 e. The van der Waals surface area contributed by atoms with Gasteiger partial charge in [0.2, 0.25) is 5.95 Å². The van der Waals surface area contributed by atoms with Crippen LogP contribution < -0.4 is 16.2 Å². The molecule has 0 amide bonds. The highest BCUT2D eigenvalue weighted by Crippen LogP contribution is 2.30. The van der Waals surface area contributed by atoms with Crippen molar-refractivity contribution in [2.24, 2.45) is 5.84 Å². The van der Waals surface area contributed by atoms with Gasteiger partial charge in [-0.2, -0.15) is 23.4 Å². The summed E-state index contributed by atoms with van der Waals surface area (Å²) in [6.07, 6.45) is -4.43. The minimum absolute atomic E-state index is 0.0398. The van der Waals surface area contributed by atoms with E-state index >= 15 is 0 Å². The number of nitrogens with zero attached hydrogens (tertiary/aromatic N) is 4. The Morgan fingerprint density at radius 2 is 2.16 bits per heavy atom. The monoisotopic (exact) mass is 274 g/mol. The fourth-order valence-corrected chi connectivity index (χ4v) is 1.32. The third-order valence-electron chi connectivity index (χ3n) is 2.54. The van der Waals surface area contributed by atoms with Crippen molar-refractivity contribution >= 4 is 11.8 Å². The van der Waals surface area contributed by atoms with E-state index in [1.165, 1.54) is 4.90 Å². The van der Waals surface area contributed by atoms with E-state index in [1.807, 2.05) is 11.5 Å². The van der Waals surface area contributed by atoms with E-state index in [0.29, 0.717) is 0 Å². The van der Waals surface area contributed by atoms with E-state index in [2.05, 4.69) is 9.97 Å². The molecule has 0 aliphatic carbocycles. The molecule has 6 nitrogen and oxygen atoms in total. The summed E-state index contributed by atoms with van der Waals surface area (Å²) in [5, 5.41) is 8.60. The zero-order chi connectivity index (χ0) is 14.6. The molecule has 0 saturated carbocycles. The first kappa shape index (κ1) is 15.0. The van der Waals surface area contributed by atoms with Gasteiger partial charge < -0.3 is 4.90 Å². The van der Waals surface area contributed by atoms with Crippen molar-refractivity contribution < 1.29 is 13.2 Å². The predicted octanol–water partition coefficient (Wildman–Crippen LogP) is 1.52. The van der Waals surface area contributed by atoms with Crippen LogP contribution in [0.1, 0.15) is 19.0 Å². The Hall–Kier alpha value is -2.08. The number of aromatic nitrogens is 2. The normalized spacial score (nSPS) is 12.7. The molecule has 0 radical (unpaired) electrons. The van der Waals surface area contributed by atoms with Crippen LogP contribution in [0.5, 0.6) is 0 Å². The SMILES string of the molecule is CC(CC#N)N(C)c1cc(C(F)(F)F)nc(NN)n1. The largest absolute Gasteiger partial charge is 0.433 e. The summed E-state index contributed by atoms with van der Waals surface area (Å²) >= 11 is 0. The van der Waals surface area contributed by atoms with Gasteiger partial charge in [-0.3, -0.25) is 5.43 Å². The Morgan fingerprint density at radius 3 is 2.63 bits per heavy atom. The molecule has 1 aromatic heterocycles. The first-order chi connectivity index (χ1) is 8.79. The van der Waals surface area contributed by atoms with Crippen molar-refractivity contribution in [2.45, 2.75) is 25.6 Å². The van der Waals surface area contributed by atoms with Gasteiger partial charge in [0.15, 0.2) is 5.69 Å². The molecule has 0 bridgehead atoms. The van der Waals surface area contributed by atoms with E-state index in [-0.39, 0.29) is 24.2 Å². The van der Waals surface area contributed by atoms with Crippen LogP contribution in [0.25, 0.3) is 0 Å². The van der Waals surface area contributed by atoms with E-state index in [4.69, 9.17) is 11.1 Å². The molecule has 0 saturated heterocycles. The number of rotatable bonds is 4. The van der Waals surface area contributed by atoms with Gasteiger partial charge in [-0.1, -0.05) is 0 Å². The van der Waals surface area contributed by atoms with Crippen LogP contribution in [0, 0.1) is 11.3 Å². The number of alkyl halides is 3. The van der Waals surface area contributed by atoms with Crippen molar-refractivity contribution in [3.63, 3.8) is 0 Å². The zero-order valence-electron chi connectivity index (χ0n) is 10.4. The molecule has 1 heterocycles. The fourth-order valence-electron chi connectivity index (χ4n) is 1.32. The van der Waals surface area contributed by atoms with Crippen LogP contribution in [-0.2, 0) is 6.18 Å². The number of nitrogens with two attached hydrogens (primary N) is 1. The average Bonchev–Trinajstić information content (AvgIpc) is 2.36. The van der Waals surface area contributed by atoms with Crippen LogP contribution >= 0.6 is 0 Å². The summed E-state index contributed by atoms with van der Waals surface area (Å²) in [5.74, 6) is 4.76. The van der Waals surface area contributed by atoms with Gasteiger partial charge >= 0.3 is 6.18 Å². The quantitative estimate of drug-likeness (QED) is 0.639. The second-order valence-electron chi connectivity index (χ2n) is 3.90. The average molecular weight is 274 g/mol. The van der Waals surface area contributed by atoms with Crippen LogP contribution in [-0.4, -0.2) is 23.1 Å². The number of hydrazine groups is 1. The van der Waals surface area contributed by atoms with Crippen LogP contribution in [0.15, 0.2) is 6.07 Å². The standard InChI is InChI=1S/C10H13F3N6/c1-6(3-4-14)19(2)8-5-7(10(11,12)13)16-9(17-8)18-15/h5-6H,3,15H2,1-2H3,(H,16,17,18). The van der Waals surface area contributed by atoms with Crippen LogP contribution in [0.3, 0.4) is 0 Å². The Labute approximate surface area is 108 Å². The van der Waals surface area contributed by atoms with E-state index in [9.17, 15) is 13.2 Å². The Balaban J connectivity index is 3.17. The molecule has 0 spiro atoms. The maximum atomic E-state index is 12.7. The molecule has 0 aliphatic heterocycles. The predicted molar refractivity (Wildman–Crippen MR) is 62.9 cm³/mol. The number of nitrogens with one attached hydrogen (secondary N) is 1. The van der Waals surface area contributed by atoms with Gasteiger partial charge in [-0.25, -0.2) is 10.8 Å². The number of anilines is 2. The first-order valence-corrected chi connectivity index (χ1v) is 5.32. The lowest BCUT2D eigenvalue weighted by molar-refractivity contribution is -0.141. The molecule has 1 unspecified atom stereocenters. The lowest BCUT2D eigenvalue weighted by atomic mass is 10.2. The van der Waals surface area contributed by atoms with E-state index in [1.54, 1.807) is 14.0 Å². The van der Waals surface area contributed by atoms with Gasteiger partial charge in [0.25, 0.3) is 0 Å². The van der Waals surface area contributed by atoms with Gasteiger partial charge in [-0.05, 0) is 6.92 Å². The third-order valence-corrected chi connectivity index (χ3v) is 2.54. The summed E-state index contributed by atoms with van der Waals surface area (Å²) in [7, 11) is 1.55. The number of hydrogen-bond acceptors (Lipinski definition) is 6. The van der Waals surface area contributed by atoms with Crippen molar-refractivity contribution in [3.8, 4) is 6.07 Å². The molecule has 1 aromatic rings.